The van der Waals surface area contributed by atoms with E-state index in [4.69, 9.17) is 4.42 Å². The van der Waals surface area contributed by atoms with E-state index in [0.717, 1.165) is 23.1 Å². The zero-order chi connectivity index (χ0) is 14.8. The van der Waals surface area contributed by atoms with Gasteiger partial charge in [0.15, 0.2) is 5.76 Å². The molecular formula is C17H18N2O2. The number of aromatic nitrogens is 1. The number of anilines is 1. The molecule has 0 aliphatic rings. The minimum atomic E-state index is -0.232. The van der Waals surface area contributed by atoms with Crippen LogP contribution >= 0.6 is 0 Å². The Morgan fingerprint density at radius 3 is 2.81 bits per heavy atom. The van der Waals surface area contributed by atoms with Gasteiger partial charge in [-0.3, -0.25) is 4.79 Å². The molecule has 2 heterocycles. The van der Waals surface area contributed by atoms with Crippen molar-refractivity contribution < 1.29 is 9.21 Å². The molecule has 0 spiro atoms. The lowest BCUT2D eigenvalue weighted by Gasteiger charge is -2.09. The highest BCUT2D eigenvalue weighted by Gasteiger charge is 2.12. The number of fused-ring (bicyclic) bond motifs is 1. The summed E-state index contributed by atoms with van der Waals surface area (Å²) in [7, 11) is 0. The fourth-order valence-corrected chi connectivity index (χ4v) is 2.48. The SMILES string of the molecule is CC(C)Cn1ccc2c(NC(=O)c3ccco3)cccc21. The Morgan fingerprint density at radius 2 is 2.10 bits per heavy atom. The maximum absolute atomic E-state index is 12.1. The first-order chi connectivity index (χ1) is 10.1. The molecule has 4 nitrogen and oxygen atoms in total. The Hall–Kier alpha value is -2.49. The molecule has 108 valence electrons. The fourth-order valence-electron chi connectivity index (χ4n) is 2.48. The van der Waals surface area contributed by atoms with Crippen molar-refractivity contribution in [2.75, 3.05) is 5.32 Å². The number of furan rings is 1. The average Bonchev–Trinajstić information content (AvgIpc) is 3.09. The van der Waals surface area contributed by atoms with Gasteiger partial charge in [-0.15, -0.1) is 0 Å². The zero-order valence-electron chi connectivity index (χ0n) is 12.2. The number of nitrogens with zero attached hydrogens (tertiary/aromatic N) is 1. The molecule has 2 aromatic heterocycles. The largest absolute Gasteiger partial charge is 0.459 e. The van der Waals surface area contributed by atoms with Crippen LogP contribution in [0.3, 0.4) is 0 Å². The van der Waals surface area contributed by atoms with E-state index >= 15 is 0 Å². The van der Waals surface area contributed by atoms with Crippen LogP contribution in [0, 0.1) is 5.92 Å². The standard InChI is InChI=1S/C17H18N2O2/c1-12(2)11-19-9-8-13-14(5-3-6-15(13)19)18-17(20)16-7-4-10-21-16/h3-10,12H,11H2,1-2H3,(H,18,20). The van der Waals surface area contributed by atoms with Gasteiger partial charge in [-0.2, -0.15) is 0 Å². The van der Waals surface area contributed by atoms with Gasteiger partial charge in [0.1, 0.15) is 0 Å². The van der Waals surface area contributed by atoms with E-state index in [-0.39, 0.29) is 5.91 Å². The highest BCUT2D eigenvalue weighted by molar-refractivity contribution is 6.07. The smallest absolute Gasteiger partial charge is 0.291 e. The van der Waals surface area contributed by atoms with E-state index in [2.05, 4.69) is 36.0 Å². The summed E-state index contributed by atoms with van der Waals surface area (Å²) in [6.45, 7) is 5.34. The van der Waals surface area contributed by atoms with Crippen molar-refractivity contribution >= 4 is 22.5 Å². The van der Waals surface area contributed by atoms with Crippen molar-refractivity contribution in [3.05, 3.63) is 54.6 Å². The quantitative estimate of drug-likeness (QED) is 0.781. The molecule has 0 unspecified atom stereocenters. The summed E-state index contributed by atoms with van der Waals surface area (Å²) in [6, 6.07) is 11.3. The normalized spacial score (nSPS) is 11.2. The molecule has 0 aliphatic heterocycles. The summed E-state index contributed by atoms with van der Waals surface area (Å²) in [4.78, 5) is 12.1. The number of carbonyl (C=O) groups excluding carboxylic acids is 1. The number of benzene rings is 1. The Balaban J connectivity index is 1.92. The maximum Gasteiger partial charge on any atom is 0.291 e. The third kappa shape index (κ3) is 2.70. The van der Waals surface area contributed by atoms with Crippen molar-refractivity contribution in [3.8, 4) is 0 Å². The van der Waals surface area contributed by atoms with Crippen molar-refractivity contribution in [2.24, 2.45) is 5.92 Å². The summed E-state index contributed by atoms with van der Waals surface area (Å²) in [5.74, 6) is 0.652. The van der Waals surface area contributed by atoms with E-state index in [1.54, 1.807) is 12.1 Å². The second kappa shape index (κ2) is 5.48. The third-order valence-electron chi connectivity index (χ3n) is 3.37. The Labute approximate surface area is 123 Å². The van der Waals surface area contributed by atoms with Gasteiger partial charge in [0, 0.05) is 18.1 Å². The van der Waals surface area contributed by atoms with Crippen LogP contribution in [-0.4, -0.2) is 10.5 Å². The molecular weight excluding hydrogens is 264 g/mol. The van der Waals surface area contributed by atoms with Crippen LogP contribution in [0.25, 0.3) is 10.9 Å². The number of amides is 1. The molecule has 0 fully saturated rings. The Morgan fingerprint density at radius 1 is 1.24 bits per heavy atom. The number of nitrogens with one attached hydrogen (secondary N) is 1. The third-order valence-corrected chi connectivity index (χ3v) is 3.37. The van der Waals surface area contributed by atoms with Crippen molar-refractivity contribution in [1.29, 1.82) is 0 Å². The van der Waals surface area contributed by atoms with Crippen LogP contribution in [0.5, 0.6) is 0 Å². The molecule has 1 amide bonds. The molecule has 0 radical (unpaired) electrons. The van der Waals surface area contributed by atoms with Gasteiger partial charge in [-0.1, -0.05) is 19.9 Å². The molecule has 0 saturated carbocycles. The van der Waals surface area contributed by atoms with E-state index in [0.29, 0.717) is 11.7 Å². The van der Waals surface area contributed by atoms with Crippen molar-refractivity contribution in [1.82, 2.24) is 4.57 Å². The topological polar surface area (TPSA) is 47.2 Å². The zero-order valence-corrected chi connectivity index (χ0v) is 12.2. The molecule has 1 N–H and O–H groups in total. The highest BCUT2D eigenvalue weighted by Crippen LogP contribution is 2.25. The first kappa shape index (κ1) is 13.5. The Bertz CT molecular complexity index is 754. The molecule has 4 heteroatoms. The molecule has 0 aliphatic carbocycles. The van der Waals surface area contributed by atoms with Gasteiger partial charge in [0.2, 0.25) is 0 Å². The molecule has 1 aromatic carbocycles. The van der Waals surface area contributed by atoms with Crippen LogP contribution in [0.15, 0.2) is 53.3 Å². The van der Waals surface area contributed by atoms with Crippen LogP contribution in [0.1, 0.15) is 24.4 Å². The monoisotopic (exact) mass is 282 g/mol. The number of hydrogen-bond acceptors (Lipinski definition) is 2. The number of hydrogen-bond donors (Lipinski definition) is 1. The fraction of sp³-hybridized carbons (Fsp3) is 0.235. The summed E-state index contributed by atoms with van der Waals surface area (Å²) in [6.07, 6.45) is 3.56. The predicted molar refractivity (Wildman–Crippen MR) is 83.4 cm³/mol. The van der Waals surface area contributed by atoms with Crippen LogP contribution in [0.4, 0.5) is 5.69 Å². The number of rotatable bonds is 4. The minimum Gasteiger partial charge on any atom is -0.459 e. The molecule has 0 atom stereocenters. The minimum absolute atomic E-state index is 0.232. The van der Waals surface area contributed by atoms with Gasteiger partial charge < -0.3 is 14.3 Å². The van der Waals surface area contributed by atoms with E-state index in [1.165, 1.54) is 6.26 Å². The van der Waals surface area contributed by atoms with Gasteiger partial charge in [-0.05, 0) is 36.2 Å². The molecule has 21 heavy (non-hydrogen) atoms. The van der Waals surface area contributed by atoms with E-state index in [9.17, 15) is 4.79 Å². The Kier molecular flexibility index (Phi) is 3.52. The van der Waals surface area contributed by atoms with Crippen molar-refractivity contribution in [3.63, 3.8) is 0 Å². The predicted octanol–water partition coefficient (Wildman–Crippen LogP) is 4.14. The lowest BCUT2D eigenvalue weighted by molar-refractivity contribution is 0.0997. The van der Waals surface area contributed by atoms with Crippen LogP contribution in [0.2, 0.25) is 0 Å². The molecule has 3 aromatic rings. The second-order valence-electron chi connectivity index (χ2n) is 5.53. The highest BCUT2D eigenvalue weighted by atomic mass is 16.3. The maximum atomic E-state index is 12.1. The second-order valence-corrected chi connectivity index (χ2v) is 5.53. The first-order valence-electron chi connectivity index (χ1n) is 7.08. The summed E-state index contributed by atoms with van der Waals surface area (Å²) in [5, 5.41) is 3.95. The number of carbonyl (C=O) groups is 1. The summed E-state index contributed by atoms with van der Waals surface area (Å²) >= 11 is 0. The molecule has 3 rings (SSSR count). The van der Waals surface area contributed by atoms with E-state index < -0.39 is 0 Å². The van der Waals surface area contributed by atoms with Gasteiger partial charge >= 0.3 is 0 Å². The van der Waals surface area contributed by atoms with Gasteiger partial charge in [0.25, 0.3) is 5.91 Å². The van der Waals surface area contributed by atoms with Crippen LogP contribution < -0.4 is 5.32 Å². The summed E-state index contributed by atoms with van der Waals surface area (Å²) in [5.41, 5.74) is 1.93. The molecule has 0 saturated heterocycles. The molecule has 0 bridgehead atoms. The first-order valence-corrected chi connectivity index (χ1v) is 7.08. The van der Waals surface area contributed by atoms with E-state index in [1.807, 2.05) is 18.2 Å². The van der Waals surface area contributed by atoms with Crippen molar-refractivity contribution in [2.45, 2.75) is 20.4 Å². The van der Waals surface area contributed by atoms with Gasteiger partial charge in [0.05, 0.1) is 17.5 Å². The van der Waals surface area contributed by atoms with Crippen LogP contribution in [-0.2, 0) is 6.54 Å². The van der Waals surface area contributed by atoms with Gasteiger partial charge in [-0.25, -0.2) is 0 Å². The lowest BCUT2D eigenvalue weighted by Crippen LogP contribution is -2.11. The summed E-state index contributed by atoms with van der Waals surface area (Å²) < 4.78 is 7.33. The average molecular weight is 282 g/mol. The lowest BCUT2D eigenvalue weighted by atomic mass is 10.2.